The average Bonchev–Trinajstić information content (AvgIpc) is 2.15. The second kappa shape index (κ2) is 4.98. The number of carboxylic acid groups (broad SMARTS) is 1. The number of aliphatic carboxylic acids is 1. The maximum atomic E-state index is 10.9. The lowest BCUT2D eigenvalue weighted by molar-refractivity contribution is -0.151. The molecule has 0 aromatic heterocycles. The summed E-state index contributed by atoms with van der Waals surface area (Å²) in [7, 11) is 0. The molecular formula is C10H16O4. The van der Waals surface area contributed by atoms with Crippen LogP contribution in [0.15, 0.2) is 0 Å². The highest BCUT2D eigenvalue weighted by molar-refractivity contribution is 5.70. The molecule has 1 saturated carbocycles. The molecule has 0 unspecified atom stereocenters. The summed E-state index contributed by atoms with van der Waals surface area (Å²) in [5.74, 6) is -1.42. The van der Waals surface area contributed by atoms with Gasteiger partial charge in [0.25, 0.3) is 0 Å². The fraction of sp³-hybridized carbons (Fsp3) is 0.800. The maximum Gasteiger partial charge on any atom is 0.306 e. The van der Waals surface area contributed by atoms with Crippen molar-refractivity contribution in [3.05, 3.63) is 0 Å². The minimum Gasteiger partial charge on any atom is -0.481 e. The third kappa shape index (κ3) is 3.01. The van der Waals surface area contributed by atoms with Crippen LogP contribution in [0.4, 0.5) is 0 Å². The molecule has 0 radical (unpaired) electrons. The predicted octanol–water partition coefficient (Wildman–Crippen LogP) is 1.44. The molecule has 2 atom stereocenters. The van der Waals surface area contributed by atoms with Crippen LogP contribution in [0.1, 0.15) is 32.6 Å². The van der Waals surface area contributed by atoms with Crippen molar-refractivity contribution >= 4 is 11.9 Å². The molecular weight excluding hydrogens is 184 g/mol. The number of rotatable bonds is 3. The van der Waals surface area contributed by atoms with Crippen LogP contribution in [0, 0.1) is 11.8 Å². The van der Waals surface area contributed by atoms with Crippen molar-refractivity contribution < 1.29 is 19.4 Å². The van der Waals surface area contributed by atoms with Gasteiger partial charge in [-0.15, -0.1) is 0 Å². The molecule has 0 saturated heterocycles. The van der Waals surface area contributed by atoms with Crippen LogP contribution in [0.2, 0.25) is 0 Å². The summed E-state index contributed by atoms with van der Waals surface area (Å²) in [6.45, 7) is 1.60. The van der Waals surface area contributed by atoms with Crippen molar-refractivity contribution in [3.63, 3.8) is 0 Å². The third-order valence-corrected chi connectivity index (χ3v) is 2.73. The average molecular weight is 200 g/mol. The Bertz CT molecular complexity index is 224. The van der Waals surface area contributed by atoms with E-state index in [1.165, 1.54) is 6.92 Å². The quantitative estimate of drug-likeness (QED) is 0.700. The highest BCUT2D eigenvalue weighted by Crippen LogP contribution is 2.30. The second-order valence-electron chi connectivity index (χ2n) is 3.79. The SMILES string of the molecule is CC(=O)OC[C@H]1CCCC[C@H]1C(=O)O. The first kappa shape index (κ1) is 11.0. The van der Waals surface area contributed by atoms with E-state index in [1.807, 2.05) is 0 Å². The molecule has 1 rings (SSSR count). The molecule has 80 valence electrons. The summed E-state index contributed by atoms with van der Waals surface area (Å²) in [6.07, 6.45) is 3.56. The van der Waals surface area contributed by atoms with Crippen molar-refractivity contribution in [2.24, 2.45) is 11.8 Å². The monoisotopic (exact) mass is 200 g/mol. The molecule has 1 fully saturated rings. The van der Waals surface area contributed by atoms with Crippen molar-refractivity contribution in [1.29, 1.82) is 0 Å². The lowest BCUT2D eigenvalue weighted by atomic mass is 9.80. The molecule has 0 bridgehead atoms. The van der Waals surface area contributed by atoms with Crippen LogP contribution in [-0.4, -0.2) is 23.7 Å². The van der Waals surface area contributed by atoms with Crippen molar-refractivity contribution in [2.75, 3.05) is 6.61 Å². The van der Waals surface area contributed by atoms with Gasteiger partial charge in [-0.25, -0.2) is 0 Å². The number of ether oxygens (including phenoxy) is 1. The van der Waals surface area contributed by atoms with E-state index < -0.39 is 5.97 Å². The molecule has 1 aliphatic rings. The highest BCUT2D eigenvalue weighted by atomic mass is 16.5. The van der Waals surface area contributed by atoms with Gasteiger partial charge in [0.2, 0.25) is 0 Å². The minimum absolute atomic E-state index is 0.00477. The topological polar surface area (TPSA) is 63.6 Å². The highest BCUT2D eigenvalue weighted by Gasteiger charge is 2.31. The largest absolute Gasteiger partial charge is 0.481 e. The first-order chi connectivity index (χ1) is 6.61. The molecule has 0 spiro atoms. The zero-order valence-electron chi connectivity index (χ0n) is 8.36. The lowest BCUT2D eigenvalue weighted by Gasteiger charge is -2.27. The summed E-state index contributed by atoms with van der Waals surface area (Å²) >= 11 is 0. The first-order valence-corrected chi connectivity index (χ1v) is 4.97. The van der Waals surface area contributed by atoms with Gasteiger partial charge in [0.15, 0.2) is 0 Å². The van der Waals surface area contributed by atoms with E-state index in [1.54, 1.807) is 0 Å². The fourth-order valence-corrected chi connectivity index (χ4v) is 1.96. The Labute approximate surface area is 83.2 Å². The Kier molecular flexibility index (Phi) is 3.92. The van der Waals surface area contributed by atoms with E-state index in [4.69, 9.17) is 9.84 Å². The smallest absolute Gasteiger partial charge is 0.306 e. The molecule has 1 N–H and O–H groups in total. The molecule has 0 aromatic carbocycles. The lowest BCUT2D eigenvalue weighted by Crippen LogP contribution is -2.30. The first-order valence-electron chi connectivity index (χ1n) is 4.97. The Hall–Kier alpha value is -1.06. The van der Waals surface area contributed by atoms with Gasteiger partial charge >= 0.3 is 11.9 Å². The fourth-order valence-electron chi connectivity index (χ4n) is 1.96. The summed E-state index contributed by atoms with van der Waals surface area (Å²) in [5.41, 5.74) is 0. The number of esters is 1. The Morgan fingerprint density at radius 2 is 2.00 bits per heavy atom. The second-order valence-corrected chi connectivity index (χ2v) is 3.79. The number of carboxylic acids is 1. The van der Waals surface area contributed by atoms with Crippen molar-refractivity contribution in [3.8, 4) is 0 Å². The van der Waals surface area contributed by atoms with E-state index in [2.05, 4.69) is 0 Å². The Balaban J connectivity index is 2.45. The van der Waals surface area contributed by atoms with Gasteiger partial charge in [0.05, 0.1) is 12.5 Å². The number of hydrogen-bond acceptors (Lipinski definition) is 3. The van der Waals surface area contributed by atoms with Crippen LogP contribution < -0.4 is 0 Å². The van der Waals surface area contributed by atoms with Crippen molar-refractivity contribution in [1.82, 2.24) is 0 Å². The minimum atomic E-state index is -0.762. The van der Waals surface area contributed by atoms with E-state index in [-0.39, 0.29) is 24.4 Å². The van der Waals surface area contributed by atoms with E-state index in [9.17, 15) is 9.59 Å². The molecule has 4 heteroatoms. The van der Waals surface area contributed by atoms with E-state index >= 15 is 0 Å². The van der Waals surface area contributed by atoms with E-state index in [0.717, 1.165) is 19.3 Å². The van der Waals surface area contributed by atoms with Gasteiger partial charge in [-0.3, -0.25) is 9.59 Å². The Morgan fingerprint density at radius 1 is 1.36 bits per heavy atom. The standard InChI is InChI=1S/C10H16O4/c1-7(11)14-6-8-4-2-3-5-9(8)10(12)13/h8-9H,2-6H2,1H3,(H,12,13)/t8-,9-/m1/s1. The van der Waals surface area contributed by atoms with Gasteiger partial charge in [0, 0.05) is 12.8 Å². The summed E-state index contributed by atoms with van der Waals surface area (Å²) in [5, 5.41) is 8.93. The van der Waals surface area contributed by atoms with Crippen LogP contribution in [0.3, 0.4) is 0 Å². The zero-order chi connectivity index (χ0) is 10.6. The van der Waals surface area contributed by atoms with Gasteiger partial charge in [-0.05, 0) is 12.8 Å². The normalized spacial score (nSPS) is 26.9. The summed E-state index contributed by atoms with van der Waals surface area (Å²) < 4.78 is 4.86. The van der Waals surface area contributed by atoms with Crippen molar-refractivity contribution in [2.45, 2.75) is 32.6 Å². The predicted molar refractivity (Wildman–Crippen MR) is 49.7 cm³/mol. The third-order valence-electron chi connectivity index (χ3n) is 2.73. The van der Waals surface area contributed by atoms with Crippen LogP contribution >= 0.6 is 0 Å². The molecule has 0 aliphatic heterocycles. The maximum absolute atomic E-state index is 10.9. The number of carbonyl (C=O) groups excluding carboxylic acids is 1. The van der Waals surface area contributed by atoms with Gasteiger partial charge in [-0.1, -0.05) is 12.8 Å². The van der Waals surface area contributed by atoms with Crippen LogP contribution in [0.5, 0.6) is 0 Å². The van der Waals surface area contributed by atoms with Crippen LogP contribution in [-0.2, 0) is 14.3 Å². The molecule has 1 aliphatic carbocycles. The Morgan fingerprint density at radius 3 is 2.57 bits per heavy atom. The van der Waals surface area contributed by atoms with Gasteiger partial charge in [0.1, 0.15) is 0 Å². The molecule has 4 nitrogen and oxygen atoms in total. The molecule has 0 aromatic rings. The van der Waals surface area contributed by atoms with Crippen LogP contribution in [0.25, 0.3) is 0 Å². The zero-order valence-corrected chi connectivity index (χ0v) is 8.36. The molecule has 14 heavy (non-hydrogen) atoms. The number of hydrogen-bond donors (Lipinski definition) is 1. The summed E-state index contributed by atoms with van der Waals surface area (Å²) in [6, 6.07) is 0. The van der Waals surface area contributed by atoms with Gasteiger partial charge in [-0.2, -0.15) is 0 Å². The summed E-state index contributed by atoms with van der Waals surface area (Å²) in [4.78, 5) is 21.5. The molecule has 0 heterocycles. The molecule has 0 amide bonds. The van der Waals surface area contributed by atoms with Gasteiger partial charge < -0.3 is 9.84 Å². The van der Waals surface area contributed by atoms with E-state index in [0.29, 0.717) is 6.42 Å². The number of carbonyl (C=O) groups is 2.